The molecule has 1 aliphatic carbocycles. The van der Waals surface area contributed by atoms with Crippen LogP contribution in [0.5, 0.6) is 0 Å². The summed E-state index contributed by atoms with van der Waals surface area (Å²) in [7, 11) is 0. The van der Waals surface area contributed by atoms with Crippen LogP contribution in [0.3, 0.4) is 0 Å². The number of amides is 4. The lowest BCUT2D eigenvalue weighted by molar-refractivity contribution is -0.142. The zero-order valence-corrected chi connectivity index (χ0v) is 20.3. The van der Waals surface area contributed by atoms with Gasteiger partial charge in [0.25, 0.3) is 0 Å². The Balaban J connectivity index is 1.59. The van der Waals surface area contributed by atoms with E-state index < -0.39 is 36.1 Å². The average molecular weight is 497 g/mol. The Labute approximate surface area is 209 Å². The summed E-state index contributed by atoms with van der Waals surface area (Å²) in [6.07, 6.45) is -0.382. The second kappa shape index (κ2) is 12.1. The summed E-state index contributed by atoms with van der Waals surface area (Å²) in [6.45, 7) is 3.75. The van der Waals surface area contributed by atoms with Gasteiger partial charge in [-0.05, 0) is 41.0 Å². The first-order valence-electron chi connectivity index (χ1n) is 11.9. The third-order valence-corrected chi connectivity index (χ3v) is 6.15. The van der Waals surface area contributed by atoms with E-state index in [2.05, 4.69) is 16.0 Å². The van der Waals surface area contributed by atoms with Crippen LogP contribution in [-0.4, -0.2) is 54.3 Å². The SMILES string of the molecule is CC(C)C(NC(=O)OCC1c2ccccc2-c2ccccc21)C(=O)N[C@H](CCCNC(N)=O)C(=O)O. The second-order valence-electron chi connectivity index (χ2n) is 9.02. The van der Waals surface area contributed by atoms with Crippen LogP contribution in [0.4, 0.5) is 9.59 Å². The van der Waals surface area contributed by atoms with Crippen molar-refractivity contribution in [3.63, 3.8) is 0 Å². The molecule has 0 aliphatic heterocycles. The van der Waals surface area contributed by atoms with E-state index in [1.54, 1.807) is 13.8 Å². The molecule has 4 amide bonds. The molecule has 192 valence electrons. The van der Waals surface area contributed by atoms with E-state index in [0.717, 1.165) is 22.3 Å². The predicted octanol–water partition coefficient (Wildman–Crippen LogP) is 2.57. The van der Waals surface area contributed by atoms with Crippen LogP contribution >= 0.6 is 0 Å². The molecule has 1 aliphatic rings. The number of urea groups is 1. The number of primary amides is 1. The van der Waals surface area contributed by atoms with Crippen LogP contribution in [0.25, 0.3) is 11.1 Å². The predicted molar refractivity (Wildman–Crippen MR) is 133 cm³/mol. The number of carbonyl (C=O) groups is 4. The number of hydrogen-bond acceptors (Lipinski definition) is 5. The Morgan fingerprint density at radius 2 is 1.56 bits per heavy atom. The van der Waals surface area contributed by atoms with Gasteiger partial charge in [-0.2, -0.15) is 0 Å². The van der Waals surface area contributed by atoms with Gasteiger partial charge in [0.2, 0.25) is 5.91 Å². The normalized spacial score (nSPS) is 13.8. The zero-order chi connectivity index (χ0) is 26.2. The molecule has 2 aromatic rings. The molecule has 3 rings (SSSR count). The third-order valence-electron chi connectivity index (χ3n) is 6.15. The molecule has 0 aromatic heterocycles. The van der Waals surface area contributed by atoms with Crippen molar-refractivity contribution >= 4 is 24.0 Å². The molecule has 0 saturated heterocycles. The van der Waals surface area contributed by atoms with Gasteiger partial charge in [0.1, 0.15) is 18.7 Å². The van der Waals surface area contributed by atoms with E-state index in [0.29, 0.717) is 6.42 Å². The van der Waals surface area contributed by atoms with Crippen LogP contribution in [0.15, 0.2) is 48.5 Å². The van der Waals surface area contributed by atoms with Crippen molar-refractivity contribution in [3.8, 4) is 11.1 Å². The average Bonchev–Trinajstić information content (AvgIpc) is 3.16. The molecule has 0 radical (unpaired) electrons. The Morgan fingerprint density at radius 3 is 2.08 bits per heavy atom. The van der Waals surface area contributed by atoms with Crippen LogP contribution in [0, 0.1) is 5.92 Å². The fraction of sp³-hybridized carbons (Fsp3) is 0.385. The molecule has 10 heteroatoms. The van der Waals surface area contributed by atoms with Crippen molar-refractivity contribution in [1.29, 1.82) is 0 Å². The number of carboxylic acid groups (broad SMARTS) is 1. The van der Waals surface area contributed by atoms with Gasteiger partial charge in [-0.15, -0.1) is 0 Å². The van der Waals surface area contributed by atoms with Gasteiger partial charge < -0.3 is 31.5 Å². The number of benzene rings is 2. The van der Waals surface area contributed by atoms with Crippen molar-refractivity contribution in [3.05, 3.63) is 59.7 Å². The Kier molecular flexibility index (Phi) is 8.88. The Morgan fingerprint density at radius 1 is 0.972 bits per heavy atom. The Bertz CT molecular complexity index is 1070. The van der Waals surface area contributed by atoms with E-state index in [1.807, 2.05) is 48.5 Å². The highest BCUT2D eigenvalue weighted by Gasteiger charge is 2.31. The first-order valence-corrected chi connectivity index (χ1v) is 11.9. The molecule has 10 nitrogen and oxygen atoms in total. The summed E-state index contributed by atoms with van der Waals surface area (Å²) in [6, 6.07) is 13.0. The summed E-state index contributed by atoms with van der Waals surface area (Å²) in [4.78, 5) is 47.8. The standard InChI is InChI=1S/C26H32N4O6/c1-15(2)22(23(31)29-21(24(32)33)12-7-13-28-25(27)34)30-26(35)36-14-20-18-10-5-3-8-16(18)17-9-4-6-11-19(17)20/h3-6,8-11,15,20-22H,7,12-14H2,1-2H3,(H,29,31)(H,30,35)(H,32,33)(H3,27,28,34)/t21-,22?/m1/s1. The molecule has 36 heavy (non-hydrogen) atoms. The molecule has 0 spiro atoms. The maximum atomic E-state index is 12.8. The van der Waals surface area contributed by atoms with Crippen molar-refractivity contribution in [2.24, 2.45) is 11.7 Å². The van der Waals surface area contributed by atoms with Crippen molar-refractivity contribution in [2.45, 2.75) is 44.7 Å². The Hall–Kier alpha value is -4.08. The third kappa shape index (κ3) is 6.53. The molecule has 0 fully saturated rings. The molecule has 2 aromatic carbocycles. The topological polar surface area (TPSA) is 160 Å². The van der Waals surface area contributed by atoms with E-state index in [1.165, 1.54) is 0 Å². The number of rotatable bonds is 11. The van der Waals surface area contributed by atoms with Crippen LogP contribution in [0.2, 0.25) is 0 Å². The van der Waals surface area contributed by atoms with Gasteiger partial charge in [0.15, 0.2) is 0 Å². The monoisotopic (exact) mass is 496 g/mol. The fourth-order valence-electron chi connectivity index (χ4n) is 4.34. The van der Waals surface area contributed by atoms with Crippen molar-refractivity contribution in [2.75, 3.05) is 13.2 Å². The largest absolute Gasteiger partial charge is 0.480 e. The molecule has 0 heterocycles. The molecule has 0 bridgehead atoms. The highest BCUT2D eigenvalue weighted by molar-refractivity contribution is 5.89. The molecular weight excluding hydrogens is 464 g/mol. The number of carboxylic acids is 1. The molecular formula is C26H32N4O6. The van der Waals surface area contributed by atoms with Crippen LogP contribution < -0.4 is 21.7 Å². The fourth-order valence-corrected chi connectivity index (χ4v) is 4.34. The number of ether oxygens (including phenoxy) is 1. The van der Waals surface area contributed by atoms with Crippen molar-refractivity contribution in [1.82, 2.24) is 16.0 Å². The number of nitrogens with one attached hydrogen (secondary N) is 3. The van der Waals surface area contributed by atoms with Crippen LogP contribution in [0.1, 0.15) is 43.7 Å². The highest BCUT2D eigenvalue weighted by atomic mass is 16.5. The number of nitrogens with two attached hydrogens (primary N) is 1. The zero-order valence-electron chi connectivity index (χ0n) is 20.3. The lowest BCUT2D eigenvalue weighted by Crippen LogP contribution is -2.54. The van der Waals surface area contributed by atoms with Crippen LogP contribution in [-0.2, 0) is 14.3 Å². The first kappa shape index (κ1) is 26.5. The summed E-state index contributed by atoms with van der Waals surface area (Å²) in [5, 5.41) is 16.9. The van der Waals surface area contributed by atoms with Gasteiger partial charge in [0.05, 0.1) is 0 Å². The summed E-state index contributed by atoms with van der Waals surface area (Å²) in [5.74, 6) is -2.30. The maximum Gasteiger partial charge on any atom is 0.407 e. The quantitative estimate of drug-likeness (QED) is 0.301. The minimum absolute atomic E-state index is 0.0805. The van der Waals surface area contributed by atoms with Gasteiger partial charge >= 0.3 is 18.1 Å². The van der Waals surface area contributed by atoms with Gasteiger partial charge in [-0.25, -0.2) is 14.4 Å². The molecule has 0 saturated carbocycles. The van der Waals surface area contributed by atoms with E-state index >= 15 is 0 Å². The lowest BCUT2D eigenvalue weighted by atomic mass is 9.98. The number of aliphatic carboxylic acids is 1. The summed E-state index contributed by atoms with van der Waals surface area (Å²) >= 11 is 0. The number of carbonyl (C=O) groups excluding carboxylic acids is 3. The number of hydrogen-bond donors (Lipinski definition) is 5. The molecule has 1 unspecified atom stereocenters. The summed E-state index contributed by atoms with van der Waals surface area (Å²) < 4.78 is 5.53. The van der Waals surface area contributed by atoms with E-state index in [4.69, 9.17) is 10.5 Å². The maximum absolute atomic E-state index is 12.8. The molecule has 2 atom stereocenters. The van der Waals surface area contributed by atoms with E-state index in [-0.39, 0.29) is 31.4 Å². The minimum Gasteiger partial charge on any atom is -0.480 e. The summed E-state index contributed by atoms with van der Waals surface area (Å²) in [5.41, 5.74) is 9.34. The van der Waals surface area contributed by atoms with Gasteiger partial charge in [-0.3, -0.25) is 4.79 Å². The van der Waals surface area contributed by atoms with Gasteiger partial charge in [-0.1, -0.05) is 62.4 Å². The lowest BCUT2D eigenvalue weighted by Gasteiger charge is -2.24. The van der Waals surface area contributed by atoms with Gasteiger partial charge in [0, 0.05) is 12.5 Å². The first-order chi connectivity index (χ1) is 17.2. The highest BCUT2D eigenvalue weighted by Crippen LogP contribution is 2.44. The molecule has 6 N–H and O–H groups in total. The van der Waals surface area contributed by atoms with Crippen molar-refractivity contribution < 1.29 is 29.0 Å². The second-order valence-corrected chi connectivity index (χ2v) is 9.02. The number of alkyl carbamates (subject to hydrolysis) is 1. The minimum atomic E-state index is -1.22. The smallest absolute Gasteiger partial charge is 0.407 e. The number of fused-ring (bicyclic) bond motifs is 3. The van der Waals surface area contributed by atoms with E-state index in [9.17, 15) is 24.3 Å².